The smallest absolute Gasteiger partial charge is 0.123 e. The molecule has 1 aromatic rings. The molecule has 1 atom stereocenters. The van der Waals surface area contributed by atoms with Gasteiger partial charge in [-0.2, -0.15) is 0 Å². The molecule has 0 saturated carbocycles. The first-order chi connectivity index (χ1) is 7.83. The van der Waals surface area contributed by atoms with E-state index in [2.05, 4.69) is 6.07 Å². The van der Waals surface area contributed by atoms with Gasteiger partial charge in [-0.15, -0.1) is 0 Å². The van der Waals surface area contributed by atoms with E-state index in [1.165, 1.54) is 16.7 Å². The monoisotopic (exact) mass is 237 g/mol. The molecule has 0 amide bonds. The lowest BCUT2D eigenvalue weighted by atomic mass is 9.88. The van der Waals surface area contributed by atoms with Crippen molar-refractivity contribution in [1.29, 1.82) is 0 Å². The topological polar surface area (TPSA) is 35.2 Å². The summed E-state index contributed by atoms with van der Waals surface area (Å²) in [4.78, 5) is 0. The van der Waals surface area contributed by atoms with E-state index in [1.807, 2.05) is 12.1 Å². The zero-order valence-electron chi connectivity index (χ0n) is 9.16. The van der Waals surface area contributed by atoms with Gasteiger partial charge in [0.25, 0.3) is 0 Å². The van der Waals surface area contributed by atoms with Crippen LogP contribution in [0.15, 0.2) is 29.8 Å². The number of halogens is 1. The molecular formula is C13H16ClNO. The first kappa shape index (κ1) is 11.5. The molecule has 0 bridgehead atoms. The van der Waals surface area contributed by atoms with Gasteiger partial charge in [0.05, 0.1) is 0 Å². The fourth-order valence-corrected chi connectivity index (χ4v) is 2.23. The second-order valence-electron chi connectivity index (χ2n) is 4.00. The van der Waals surface area contributed by atoms with Crippen molar-refractivity contribution in [3.8, 4) is 5.75 Å². The summed E-state index contributed by atoms with van der Waals surface area (Å²) < 4.78 is 5.67. The van der Waals surface area contributed by atoms with E-state index in [0.29, 0.717) is 6.61 Å². The first-order valence-corrected chi connectivity index (χ1v) is 6.02. The van der Waals surface area contributed by atoms with Crippen molar-refractivity contribution in [1.82, 2.24) is 0 Å². The van der Waals surface area contributed by atoms with E-state index in [0.717, 1.165) is 25.0 Å². The first-order valence-electron chi connectivity index (χ1n) is 5.58. The third-order valence-corrected chi connectivity index (χ3v) is 3.11. The molecule has 0 fully saturated rings. The van der Waals surface area contributed by atoms with Gasteiger partial charge in [-0.05, 0) is 42.5 Å². The van der Waals surface area contributed by atoms with Crippen molar-refractivity contribution in [2.45, 2.75) is 25.3 Å². The number of ether oxygens (including phenoxy) is 1. The van der Waals surface area contributed by atoms with Gasteiger partial charge in [0, 0.05) is 11.6 Å². The van der Waals surface area contributed by atoms with Crippen LogP contribution in [0.2, 0.25) is 0 Å². The molecule has 2 N–H and O–H groups in total. The minimum absolute atomic E-state index is 0.163. The van der Waals surface area contributed by atoms with Crippen molar-refractivity contribution < 1.29 is 4.74 Å². The maximum atomic E-state index is 6.08. The lowest BCUT2D eigenvalue weighted by Crippen LogP contribution is -2.18. The standard InChI is InChI=1S/C13H16ClNO/c14-8-3-9-16-13-7-2-4-10-11(13)5-1-6-12(10)15/h2-4,7-8,12H,1,5-6,9,15H2. The Morgan fingerprint density at radius 1 is 1.50 bits per heavy atom. The molecular weight excluding hydrogens is 222 g/mol. The number of fused-ring (bicyclic) bond motifs is 1. The van der Waals surface area contributed by atoms with E-state index in [-0.39, 0.29) is 6.04 Å². The van der Waals surface area contributed by atoms with Crippen molar-refractivity contribution in [3.63, 3.8) is 0 Å². The Hall–Kier alpha value is -0.990. The second kappa shape index (κ2) is 5.37. The Kier molecular flexibility index (Phi) is 3.86. The fraction of sp³-hybridized carbons (Fsp3) is 0.385. The summed E-state index contributed by atoms with van der Waals surface area (Å²) >= 11 is 5.45. The van der Waals surface area contributed by atoms with Gasteiger partial charge < -0.3 is 10.5 Å². The van der Waals surface area contributed by atoms with Gasteiger partial charge in [0.1, 0.15) is 12.4 Å². The van der Waals surface area contributed by atoms with E-state index in [9.17, 15) is 0 Å². The van der Waals surface area contributed by atoms with Gasteiger partial charge in [-0.25, -0.2) is 0 Å². The van der Waals surface area contributed by atoms with Crippen molar-refractivity contribution in [3.05, 3.63) is 40.9 Å². The second-order valence-corrected chi connectivity index (χ2v) is 4.25. The van der Waals surface area contributed by atoms with Crippen LogP contribution in [0.4, 0.5) is 0 Å². The van der Waals surface area contributed by atoms with Gasteiger partial charge in [0.15, 0.2) is 0 Å². The molecule has 0 aromatic heterocycles. The highest BCUT2D eigenvalue weighted by Crippen LogP contribution is 2.33. The molecule has 0 heterocycles. The van der Waals surface area contributed by atoms with Crippen LogP contribution in [0.3, 0.4) is 0 Å². The maximum absolute atomic E-state index is 6.08. The van der Waals surface area contributed by atoms with Crippen LogP contribution in [-0.2, 0) is 6.42 Å². The third kappa shape index (κ3) is 2.39. The molecule has 0 saturated heterocycles. The Morgan fingerprint density at radius 3 is 3.19 bits per heavy atom. The molecule has 1 unspecified atom stereocenters. The summed E-state index contributed by atoms with van der Waals surface area (Å²) in [6, 6.07) is 6.27. The zero-order chi connectivity index (χ0) is 11.4. The normalized spacial score (nSPS) is 19.8. The largest absolute Gasteiger partial charge is 0.489 e. The van der Waals surface area contributed by atoms with Gasteiger partial charge in [0.2, 0.25) is 0 Å². The molecule has 3 heteroatoms. The molecule has 1 aliphatic rings. The highest BCUT2D eigenvalue weighted by atomic mass is 35.5. The van der Waals surface area contributed by atoms with E-state index >= 15 is 0 Å². The minimum atomic E-state index is 0.163. The van der Waals surface area contributed by atoms with Crippen LogP contribution in [-0.4, -0.2) is 6.61 Å². The molecule has 1 aliphatic carbocycles. The van der Waals surface area contributed by atoms with Crippen LogP contribution in [0.25, 0.3) is 0 Å². The van der Waals surface area contributed by atoms with Crippen LogP contribution >= 0.6 is 11.6 Å². The quantitative estimate of drug-likeness (QED) is 0.877. The number of hydrogen-bond acceptors (Lipinski definition) is 2. The number of nitrogens with two attached hydrogens (primary N) is 1. The Labute approximate surface area is 101 Å². The van der Waals surface area contributed by atoms with E-state index in [1.54, 1.807) is 6.08 Å². The highest BCUT2D eigenvalue weighted by molar-refractivity contribution is 6.25. The molecule has 0 aliphatic heterocycles. The molecule has 1 aromatic carbocycles. The molecule has 86 valence electrons. The van der Waals surface area contributed by atoms with Gasteiger partial charge in [-0.1, -0.05) is 23.7 Å². The molecule has 2 nitrogen and oxygen atoms in total. The van der Waals surface area contributed by atoms with Crippen LogP contribution in [0.5, 0.6) is 5.75 Å². The van der Waals surface area contributed by atoms with Crippen molar-refractivity contribution >= 4 is 11.6 Å². The highest BCUT2D eigenvalue weighted by Gasteiger charge is 2.19. The van der Waals surface area contributed by atoms with Gasteiger partial charge in [-0.3, -0.25) is 0 Å². The zero-order valence-corrected chi connectivity index (χ0v) is 9.91. The van der Waals surface area contributed by atoms with Crippen molar-refractivity contribution in [2.24, 2.45) is 5.73 Å². The summed E-state index contributed by atoms with van der Waals surface area (Å²) in [7, 11) is 0. The average molecular weight is 238 g/mol. The van der Waals surface area contributed by atoms with E-state index in [4.69, 9.17) is 22.1 Å². The predicted molar refractivity (Wildman–Crippen MR) is 66.8 cm³/mol. The summed E-state index contributed by atoms with van der Waals surface area (Å²) in [6.07, 6.45) is 5.05. The number of benzene rings is 1. The van der Waals surface area contributed by atoms with Crippen LogP contribution in [0.1, 0.15) is 30.0 Å². The lowest BCUT2D eigenvalue weighted by Gasteiger charge is -2.24. The number of rotatable bonds is 3. The molecule has 2 rings (SSSR count). The van der Waals surface area contributed by atoms with Gasteiger partial charge >= 0.3 is 0 Å². The Bertz CT molecular complexity index is 390. The predicted octanol–water partition coefficient (Wildman–Crippen LogP) is 3.15. The Balaban J connectivity index is 2.22. The maximum Gasteiger partial charge on any atom is 0.123 e. The SMILES string of the molecule is NC1CCCc2c(OCC=CCl)cccc21. The summed E-state index contributed by atoms with van der Waals surface area (Å²) in [6.45, 7) is 0.509. The molecule has 0 radical (unpaired) electrons. The van der Waals surface area contributed by atoms with E-state index < -0.39 is 0 Å². The van der Waals surface area contributed by atoms with Crippen LogP contribution in [0, 0.1) is 0 Å². The third-order valence-electron chi connectivity index (χ3n) is 2.93. The average Bonchev–Trinajstić information content (AvgIpc) is 2.31. The minimum Gasteiger partial charge on any atom is -0.489 e. The fourth-order valence-electron chi connectivity index (χ4n) is 2.16. The van der Waals surface area contributed by atoms with Crippen molar-refractivity contribution in [2.75, 3.05) is 6.61 Å². The Morgan fingerprint density at radius 2 is 2.38 bits per heavy atom. The summed E-state index contributed by atoms with van der Waals surface area (Å²) in [5.41, 5.74) is 10.1. The molecule has 0 spiro atoms. The number of hydrogen-bond donors (Lipinski definition) is 1. The van der Waals surface area contributed by atoms with Crippen LogP contribution < -0.4 is 10.5 Å². The summed E-state index contributed by atoms with van der Waals surface area (Å²) in [5.74, 6) is 0.947. The molecule has 16 heavy (non-hydrogen) atoms. The summed E-state index contributed by atoms with van der Waals surface area (Å²) in [5, 5.41) is 0. The lowest BCUT2D eigenvalue weighted by molar-refractivity contribution is 0.355.